The van der Waals surface area contributed by atoms with Crippen LogP contribution in [-0.4, -0.2) is 39.0 Å². The molecule has 0 aromatic heterocycles. The van der Waals surface area contributed by atoms with Crippen LogP contribution in [0.5, 0.6) is 0 Å². The first kappa shape index (κ1) is 15.3. The first-order chi connectivity index (χ1) is 9.00. The molecule has 1 saturated heterocycles. The van der Waals surface area contributed by atoms with Gasteiger partial charge in [-0.15, -0.1) is 0 Å². The summed E-state index contributed by atoms with van der Waals surface area (Å²) in [4.78, 5) is 0. The lowest BCUT2D eigenvalue weighted by Crippen LogP contribution is -2.46. The summed E-state index contributed by atoms with van der Waals surface area (Å²) in [6, 6.07) is 0.529. The van der Waals surface area contributed by atoms with Crippen LogP contribution < -0.4 is 5.32 Å². The summed E-state index contributed by atoms with van der Waals surface area (Å²) in [5.74, 6) is 1.40. The monoisotopic (exact) mass is 269 g/mol. The van der Waals surface area contributed by atoms with Crippen molar-refractivity contribution in [1.29, 1.82) is 0 Å². The number of nitrogens with one attached hydrogen (secondary N) is 1. The van der Waals surface area contributed by atoms with Gasteiger partial charge in [0.2, 0.25) is 0 Å². The van der Waals surface area contributed by atoms with Gasteiger partial charge < -0.3 is 14.8 Å². The molecule has 0 amide bonds. The first-order valence-electron chi connectivity index (χ1n) is 7.87. The van der Waals surface area contributed by atoms with E-state index in [1.807, 2.05) is 0 Å². The van der Waals surface area contributed by atoms with Crippen LogP contribution in [0.2, 0.25) is 0 Å². The number of hydrogen-bond donors (Lipinski definition) is 1. The van der Waals surface area contributed by atoms with E-state index in [4.69, 9.17) is 9.47 Å². The fourth-order valence-corrected chi connectivity index (χ4v) is 3.40. The predicted molar refractivity (Wildman–Crippen MR) is 78.3 cm³/mol. The summed E-state index contributed by atoms with van der Waals surface area (Å²) >= 11 is 0. The van der Waals surface area contributed by atoms with Crippen molar-refractivity contribution in [3.63, 3.8) is 0 Å². The van der Waals surface area contributed by atoms with Gasteiger partial charge in [-0.3, -0.25) is 0 Å². The summed E-state index contributed by atoms with van der Waals surface area (Å²) in [5.41, 5.74) is 0.400. The smallest absolute Gasteiger partial charge is 0.0730 e. The second-order valence-electron chi connectivity index (χ2n) is 7.37. The highest BCUT2D eigenvalue weighted by Gasteiger charge is 2.36. The van der Waals surface area contributed by atoms with Crippen molar-refractivity contribution in [2.75, 3.05) is 26.9 Å². The number of hydrogen-bond acceptors (Lipinski definition) is 3. The molecule has 0 aromatic rings. The Morgan fingerprint density at radius 1 is 1.21 bits per heavy atom. The maximum atomic E-state index is 6.25. The van der Waals surface area contributed by atoms with Crippen LogP contribution in [0.15, 0.2) is 0 Å². The lowest BCUT2D eigenvalue weighted by molar-refractivity contribution is -0.0397. The van der Waals surface area contributed by atoms with E-state index in [2.05, 4.69) is 33.1 Å². The van der Waals surface area contributed by atoms with Gasteiger partial charge >= 0.3 is 0 Å². The Labute approximate surface area is 118 Å². The summed E-state index contributed by atoms with van der Waals surface area (Å²) < 4.78 is 11.7. The molecule has 1 aliphatic carbocycles. The van der Waals surface area contributed by atoms with Gasteiger partial charge in [0, 0.05) is 18.6 Å². The van der Waals surface area contributed by atoms with Crippen LogP contribution in [-0.2, 0) is 9.47 Å². The van der Waals surface area contributed by atoms with E-state index < -0.39 is 0 Å². The lowest BCUT2D eigenvalue weighted by Gasteiger charge is -2.41. The average molecular weight is 269 g/mol. The zero-order valence-electron chi connectivity index (χ0n) is 13.1. The van der Waals surface area contributed by atoms with Gasteiger partial charge in [0.15, 0.2) is 0 Å². The number of likely N-dealkylation sites (N-methyl/N-ethyl adjacent to an activating group) is 1. The van der Waals surface area contributed by atoms with Crippen molar-refractivity contribution >= 4 is 0 Å². The fourth-order valence-electron chi connectivity index (χ4n) is 3.40. The van der Waals surface area contributed by atoms with Crippen molar-refractivity contribution in [2.24, 2.45) is 17.3 Å². The van der Waals surface area contributed by atoms with E-state index in [0.717, 1.165) is 25.7 Å². The number of rotatable bonds is 4. The molecule has 1 N–H and O–H groups in total. The van der Waals surface area contributed by atoms with Gasteiger partial charge in [-0.05, 0) is 44.1 Å². The molecule has 2 aliphatic rings. The largest absolute Gasteiger partial charge is 0.381 e. The van der Waals surface area contributed by atoms with Crippen LogP contribution in [0.3, 0.4) is 0 Å². The molecule has 2 fully saturated rings. The fraction of sp³-hybridized carbons (Fsp3) is 1.00. The second kappa shape index (κ2) is 6.55. The Morgan fingerprint density at radius 3 is 2.58 bits per heavy atom. The van der Waals surface area contributed by atoms with Crippen molar-refractivity contribution in [1.82, 2.24) is 5.32 Å². The Morgan fingerprint density at radius 2 is 2.00 bits per heavy atom. The zero-order chi connectivity index (χ0) is 13.9. The Kier molecular flexibility index (Phi) is 5.27. The van der Waals surface area contributed by atoms with Gasteiger partial charge in [0.25, 0.3) is 0 Å². The van der Waals surface area contributed by atoms with Crippen LogP contribution in [0, 0.1) is 17.3 Å². The van der Waals surface area contributed by atoms with Crippen LogP contribution in [0.4, 0.5) is 0 Å². The summed E-state index contributed by atoms with van der Waals surface area (Å²) in [6.45, 7) is 9.76. The second-order valence-corrected chi connectivity index (χ2v) is 7.37. The summed E-state index contributed by atoms with van der Waals surface area (Å²) in [6.07, 6.45) is 5.30. The molecule has 1 aliphatic heterocycles. The quantitative estimate of drug-likeness (QED) is 0.851. The molecule has 4 unspecified atom stereocenters. The molecule has 0 radical (unpaired) electrons. The van der Waals surface area contributed by atoms with Crippen LogP contribution >= 0.6 is 0 Å². The maximum absolute atomic E-state index is 6.25. The van der Waals surface area contributed by atoms with Crippen LogP contribution in [0.1, 0.15) is 46.5 Å². The van der Waals surface area contributed by atoms with E-state index in [-0.39, 0.29) is 0 Å². The normalized spacial score (nSPS) is 36.6. The van der Waals surface area contributed by atoms with Gasteiger partial charge in [0.05, 0.1) is 19.3 Å². The Balaban J connectivity index is 1.86. The SMILES string of the molecule is CNC1CCC(C(C)(C)C)CC1OCC1CCOC1. The van der Waals surface area contributed by atoms with E-state index in [9.17, 15) is 0 Å². The maximum Gasteiger partial charge on any atom is 0.0730 e. The Hall–Kier alpha value is -0.120. The van der Waals surface area contributed by atoms with Crippen molar-refractivity contribution in [2.45, 2.75) is 58.6 Å². The van der Waals surface area contributed by atoms with E-state index in [1.165, 1.54) is 25.7 Å². The molecule has 19 heavy (non-hydrogen) atoms. The Bertz CT molecular complexity index is 268. The van der Waals surface area contributed by atoms with E-state index in [0.29, 0.717) is 23.5 Å². The highest BCUT2D eigenvalue weighted by molar-refractivity contribution is 4.89. The highest BCUT2D eigenvalue weighted by atomic mass is 16.5. The lowest BCUT2D eigenvalue weighted by atomic mass is 9.70. The van der Waals surface area contributed by atoms with E-state index >= 15 is 0 Å². The van der Waals surface area contributed by atoms with Crippen molar-refractivity contribution in [3.05, 3.63) is 0 Å². The molecular weight excluding hydrogens is 238 g/mol. The molecule has 3 nitrogen and oxygen atoms in total. The number of ether oxygens (including phenoxy) is 2. The zero-order valence-corrected chi connectivity index (χ0v) is 13.1. The first-order valence-corrected chi connectivity index (χ1v) is 7.87. The summed E-state index contributed by atoms with van der Waals surface area (Å²) in [5, 5.41) is 3.45. The standard InChI is InChI=1S/C16H31NO2/c1-16(2,3)13-5-6-14(17-4)15(9-13)19-11-12-7-8-18-10-12/h12-15,17H,5-11H2,1-4H3. The molecule has 4 atom stereocenters. The van der Waals surface area contributed by atoms with Crippen molar-refractivity contribution < 1.29 is 9.47 Å². The highest BCUT2D eigenvalue weighted by Crippen LogP contribution is 2.39. The molecule has 1 saturated carbocycles. The van der Waals surface area contributed by atoms with Gasteiger partial charge in [-0.25, -0.2) is 0 Å². The van der Waals surface area contributed by atoms with Gasteiger partial charge in [-0.2, -0.15) is 0 Å². The van der Waals surface area contributed by atoms with Gasteiger partial charge in [-0.1, -0.05) is 20.8 Å². The molecular formula is C16H31NO2. The molecule has 0 bridgehead atoms. The third-order valence-corrected chi connectivity index (χ3v) is 4.96. The molecule has 0 aromatic carbocycles. The minimum Gasteiger partial charge on any atom is -0.381 e. The van der Waals surface area contributed by atoms with E-state index in [1.54, 1.807) is 0 Å². The predicted octanol–water partition coefficient (Wildman–Crippen LogP) is 2.84. The third kappa shape index (κ3) is 4.17. The molecule has 0 spiro atoms. The topological polar surface area (TPSA) is 30.5 Å². The molecule has 112 valence electrons. The average Bonchev–Trinajstić information content (AvgIpc) is 2.88. The summed E-state index contributed by atoms with van der Waals surface area (Å²) in [7, 11) is 2.07. The molecule has 1 heterocycles. The molecule has 3 heteroatoms. The van der Waals surface area contributed by atoms with Crippen molar-refractivity contribution in [3.8, 4) is 0 Å². The third-order valence-electron chi connectivity index (χ3n) is 4.96. The minimum absolute atomic E-state index is 0.378. The minimum atomic E-state index is 0.378. The van der Waals surface area contributed by atoms with Gasteiger partial charge in [0.1, 0.15) is 0 Å². The van der Waals surface area contributed by atoms with Crippen LogP contribution in [0.25, 0.3) is 0 Å². The molecule has 2 rings (SSSR count).